The van der Waals surface area contributed by atoms with Crippen LogP contribution in [-0.2, 0) is 0 Å². The maximum Gasteiger partial charge on any atom is 0.256 e. The molecule has 1 saturated heterocycles. The number of nitrogens with zero attached hydrogens (tertiary/aromatic N) is 1. The third-order valence-corrected chi connectivity index (χ3v) is 4.93. The minimum absolute atomic E-state index is 0.217. The van der Waals surface area contributed by atoms with Gasteiger partial charge in [0.2, 0.25) is 0 Å². The Labute approximate surface area is 121 Å². The first kappa shape index (κ1) is 13.5. The first-order valence-corrected chi connectivity index (χ1v) is 7.80. The Hall–Kier alpha value is -1.51. The molecule has 0 spiro atoms. The van der Waals surface area contributed by atoms with Gasteiger partial charge in [0.1, 0.15) is 0 Å². The fraction of sp³-hybridized carbons (Fsp3) is 0.588. The van der Waals surface area contributed by atoms with Crippen molar-refractivity contribution in [3.63, 3.8) is 0 Å². The zero-order chi connectivity index (χ0) is 14.1. The summed E-state index contributed by atoms with van der Waals surface area (Å²) >= 11 is 0. The Balaban J connectivity index is 1.90. The van der Waals surface area contributed by atoms with Gasteiger partial charge >= 0.3 is 0 Å². The molecule has 20 heavy (non-hydrogen) atoms. The highest BCUT2D eigenvalue weighted by Gasteiger charge is 2.37. The Bertz CT molecular complexity index is 512. The molecule has 1 N–H and O–H groups in total. The summed E-state index contributed by atoms with van der Waals surface area (Å²) in [6.45, 7) is 2.97. The van der Waals surface area contributed by atoms with Crippen LogP contribution < -0.4 is 5.32 Å². The van der Waals surface area contributed by atoms with Gasteiger partial charge in [-0.25, -0.2) is 0 Å². The molecular formula is C17H24N2O. The van der Waals surface area contributed by atoms with Crippen molar-refractivity contribution < 1.29 is 4.79 Å². The van der Waals surface area contributed by atoms with E-state index in [-0.39, 0.29) is 5.91 Å². The van der Waals surface area contributed by atoms with Crippen molar-refractivity contribution >= 4 is 11.6 Å². The number of carbonyl (C=O) groups is 1. The van der Waals surface area contributed by atoms with Crippen molar-refractivity contribution in [1.29, 1.82) is 0 Å². The molecule has 2 atom stereocenters. The lowest BCUT2D eigenvalue weighted by atomic mass is 9.91. The molecule has 1 saturated carbocycles. The van der Waals surface area contributed by atoms with Gasteiger partial charge in [-0.05, 0) is 50.7 Å². The lowest BCUT2D eigenvalue weighted by molar-refractivity contribution is 0.0549. The summed E-state index contributed by atoms with van der Waals surface area (Å²) in [6.07, 6.45) is 6.25. The van der Waals surface area contributed by atoms with Crippen LogP contribution in [-0.4, -0.2) is 30.4 Å². The number of aryl methyl sites for hydroxylation is 1. The second kappa shape index (κ2) is 5.47. The molecule has 0 aromatic heterocycles. The fourth-order valence-electron chi connectivity index (χ4n) is 3.91. The van der Waals surface area contributed by atoms with Crippen molar-refractivity contribution in [2.75, 3.05) is 18.9 Å². The van der Waals surface area contributed by atoms with Gasteiger partial charge in [0.25, 0.3) is 5.91 Å². The zero-order valence-corrected chi connectivity index (χ0v) is 12.5. The average Bonchev–Trinajstić information content (AvgIpc) is 2.94. The molecule has 2 aliphatic rings. The molecule has 3 nitrogen and oxygen atoms in total. The Morgan fingerprint density at radius 3 is 2.85 bits per heavy atom. The van der Waals surface area contributed by atoms with E-state index >= 15 is 0 Å². The maximum absolute atomic E-state index is 13.0. The molecule has 1 heterocycles. The number of rotatable bonds is 2. The van der Waals surface area contributed by atoms with E-state index in [1.165, 1.54) is 25.7 Å². The molecule has 1 aliphatic heterocycles. The van der Waals surface area contributed by atoms with Gasteiger partial charge in [0.05, 0.1) is 5.56 Å². The van der Waals surface area contributed by atoms with E-state index in [0.29, 0.717) is 6.04 Å². The van der Waals surface area contributed by atoms with Crippen molar-refractivity contribution in [1.82, 2.24) is 4.90 Å². The molecule has 0 radical (unpaired) electrons. The molecule has 2 fully saturated rings. The summed E-state index contributed by atoms with van der Waals surface area (Å²) in [5.41, 5.74) is 2.92. The van der Waals surface area contributed by atoms with E-state index in [2.05, 4.69) is 16.3 Å². The number of piperidine rings is 1. The number of hydrogen-bond acceptors (Lipinski definition) is 2. The smallest absolute Gasteiger partial charge is 0.256 e. The van der Waals surface area contributed by atoms with E-state index in [1.54, 1.807) is 0 Å². The second-order valence-corrected chi connectivity index (χ2v) is 6.20. The van der Waals surface area contributed by atoms with Crippen LogP contribution in [0.5, 0.6) is 0 Å². The molecule has 108 valence electrons. The zero-order valence-electron chi connectivity index (χ0n) is 12.5. The monoisotopic (exact) mass is 272 g/mol. The highest BCUT2D eigenvalue weighted by molar-refractivity contribution is 6.00. The summed E-state index contributed by atoms with van der Waals surface area (Å²) in [5.74, 6) is 0.963. The third kappa shape index (κ3) is 2.30. The second-order valence-electron chi connectivity index (χ2n) is 6.20. The number of anilines is 1. The van der Waals surface area contributed by atoms with Gasteiger partial charge in [-0.3, -0.25) is 4.79 Å². The van der Waals surface area contributed by atoms with Gasteiger partial charge in [-0.15, -0.1) is 0 Å². The molecule has 1 aliphatic carbocycles. The fourth-order valence-corrected chi connectivity index (χ4v) is 3.91. The van der Waals surface area contributed by atoms with E-state index < -0.39 is 0 Å². The molecular weight excluding hydrogens is 248 g/mol. The predicted octanol–water partition coefficient (Wildman–Crippen LogP) is 3.44. The summed E-state index contributed by atoms with van der Waals surface area (Å²) in [5, 5.41) is 3.15. The molecule has 3 rings (SSSR count). The van der Waals surface area contributed by atoms with Crippen molar-refractivity contribution in [2.24, 2.45) is 5.92 Å². The quantitative estimate of drug-likeness (QED) is 0.894. The van der Waals surface area contributed by atoms with E-state index in [0.717, 1.165) is 35.7 Å². The van der Waals surface area contributed by atoms with Gasteiger partial charge in [0, 0.05) is 25.3 Å². The Morgan fingerprint density at radius 2 is 2.05 bits per heavy atom. The van der Waals surface area contributed by atoms with Gasteiger partial charge in [-0.2, -0.15) is 0 Å². The van der Waals surface area contributed by atoms with Crippen molar-refractivity contribution in [3.05, 3.63) is 29.3 Å². The number of fused-ring (bicyclic) bond motifs is 1. The largest absolute Gasteiger partial charge is 0.387 e. The van der Waals surface area contributed by atoms with Crippen LogP contribution in [0, 0.1) is 12.8 Å². The molecule has 1 amide bonds. The van der Waals surface area contributed by atoms with Gasteiger partial charge < -0.3 is 10.2 Å². The van der Waals surface area contributed by atoms with Crippen LogP contribution in [0.3, 0.4) is 0 Å². The molecule has 2 unspecified atom stereocenters. The number of benzene rings is 1. The number of likely N-dealkylation sites (tertiary alicyclic amines) is 1. The molecule has 3 heteroatoms. The van der Waals surface area contributed by atoms with Gasteiger partial charge in [0.15, 0.2) is 0 Å². The third-order valence-electron chi connectivity index (χ3n) is 4.93. The van der Waals surface area contributed by atoms with E-state index in [9.17, 15) is 4.79 Å². The van der Waals surface area contributed by atoms with Crippen molar-refractivity contribution in [2.45, 2.75) is 45.1 Å². The summed E-state index contributed by atoms with van der Waals surface area (Å²) in [4.78, 5) is 15.1. The van der Waals surface area contributed by atoms with Crippen LogP contribution in [0.4, 0.5) is 5.69 Å². The standard InChI is InChI=1S/C17H24N2O/c1-12-8-9-15(18-2)14(11-12)17(20)19-10-4-6-13-5-3-7-16(13)19/h8-9,11,13,16,18H,3-7,10H2,1-2H3. The van der Waals surface area contributed by atoms with Crippen molar-refractivity contribution in [3.8, 4) is 0 Å². The predicted molar refractivity (Wildman–Crippen MR) is 82.1 cm³/mol. The lowest BCUT2D eigenvalue weighted by Crippen LogP contribution is -2.46. The van der Waals surface area contributed by atoms with Crippen LogP contribution >= 0.6 is 0 Å². The normalized spacial score (nSPS) is 25.4. The number of amides is 1. The first-order chi connectivity index (χ1) is 9.70. The average molecular weight is 272 g/mol. The van der Waals surface area contributed by atoms with Crippen LogP contribution in [0.15, 0.2) is 18.2 Å². The van der Waals surface area contributed by atoms with Crippen LogP contribution in [0.1, 0.15) is 48.0 Å². The highest BCUT2D eigenvalue weighted by atomic mass is 16.2. The first-order valence-electron chi connectivity index (χ1n) is 7.80. The highest BCUT2D eigenvalue weighted by Crippen LogP contribution is 2.37. The molecule has 1 aromatic carbocycles. The topological polar surface area (TPSA) is 32.3 Å². The molecule has 1 aromatic rings. The Kier molecular flexibility index (Phi) is 3.68. The van der Waals surface area contributed by atoms with E-state index in [4.69, 9.17) is 0 Å². The minimum Gasteiger partial charge on any atom is -0.387 e. The lowest BCUT2D eigenvalue weighted by Gasteiger charge is -2.38. The summed E-state index contributed by atoms with van der Waals surface area (Å²) in [7, 11) is 1.88. The van der Waals surface area contributed by atoms with Crippen LogP contribution in [0.25, 0.3) is 0 Å². The summed E-state index contributed by atoms with van der Waals surface area (Å²) in [6, 6.07) is 6.57. The van der Waals surface area contributed by atoms with E-state index in [1.807, 2.05) is 26.1 Å². The Morgan fingerprint density at radius 1 is 1.25 bits per heavy atom. The number of hydrogen-bond donors (Lipinski definition) is 1. The molecule has 0 bridgehead atoms. The maximum atomic E-state index is 13.0. The SMILES string of the molecule is CNc1ccc(C)cc1C(=O)N1CCCC2CCCC21. The number of nitrogens with one attached hydrogen (secondary N) is 1. The van der Waals surface area contributed by atoms with Gasteiger partial charge in [-0.1, -0.05) is 18.1 Å². The number of carbonyl (C=O) groups excluding carboxylic acids is 1. The summed E-state index contributed by atoms with van der Waals surface area (Å²) < 4.78 is 0. The van der Waals surface area contributed by atoms with Crippen LogP contribution in [0.2, 0.25) is 0 Å². The minimum atomic E-state index is 0.217.